The Morgan fingerprint density at radius 1 is 1.64 bits per heavy atom. The van der Waals surface area contributed by atoms with E-state index < -0.39 is 0 Å². The predicted octanol–water partition coefficient (Wildman–Crippen LogP) is 0.772. The van der Waals surface area contributed by atoms with E-state index in [1.54, 1.807) is 18.3 Å². The summed E-state index contributed by atoms with van der Waals surface area (Å²) in [6.45, 7) is 3.38. The van der Waals surface area contributed by atoms with E-state index in [2.05, 4.69) is 11.1 Å². The van der Waals surface area contributed by atoms with Crippen LogP contribution in [0.5, 0.6) is 0 Å². The third-order valence-electron chi connectivity index (χ3n) is 1.95. The minimum Gasteiger partial charge on any atom is -0.395 e. The first-order chi connectivity index (χ1) is 6.81. The standard InChI is InChI=1S/C10H13N3O/c1-2-13(5-6-14)10-7-9(8-11)3-4-12-10/h3-4,7,14H,2,5-6H2,1H3. The van der Waals surface area contributed by atoms with Crippen LogP contribution in [0.25, 0.3) is 0 Å². The zero-order chi connectivity index (χ0) is 10.4. The Kier molecular flexibility index (Phi) is 3.89. The van der Waals surface area contributed by atoms with Crippen LogP contribution in [0.15, 0.2) is 18.3 Å². The lowest BCUT2D eigenvalue weighted by Crippen LogP contribution is -2.26. The van der Waals surface area contributed by atoms with Gasteiger partial charge in [0.05, 0.1) is 18.2 Å². The SMILES string of the molecule is CCN(CCO)c1cc(C#N)ccn1. The lowest BCUT2D eigenvalue weighted by atomic mass is 10.3. The van der Waals surface area contributed by atoms with Crippen LogP contribution in [0.1, 0.15) is 12.5 Å². The van der Waals surface area contributed by atoms with Crippen molar-refractivity contribution in [3.05, 3.63) is 23.9 Å². The zero-order valence-electron chi connectivity index (χ0n) is 8.14. The van der Waals surface area contributed by atoms with Gasteiger partial charge in [0.1, 0.15) is 5.82 Å². The molecule has 0 atom stereocenters. The molecule has 0 spiro atoms. The van der Waals surface area contributed by atoms with Crippen LogP contribution in [0.3, 0.4) is 0 Å². The quantitative estimate of drug-likeness (QED) is 0.763. The van der Waals surface area contributed by atoms with Gasteiger partial charge < -0.3 is 10.0 Å². The summed E-state index contributed by atoms with van der Waals surface area (Å²) in [5.41, 5.74) is 0.589. The van der Waals surface area contributed by atoms with Crippen molar-refractivity contribution in [3.8, 4) is 6.07 Å². The average molecular weight is 191 g/mol. The number of anilines is 1. The van der Waals surface area contributed by atoms with E-state index in [4.69, 9.17) is 10.4 Å². The highest BCUT2D eigenvalue weighted by Gasteiger charge is 2.04. The van der Waals surface area contributed by atoms with Crippen molar-refractivity contribution in [1.29, 1.82) is 5.26 Å². The van der Waals surface area contributed by atoms with Gasteiger partial charge in [0, 0.05) is 19.3 Å². The Balaban J connectivity index is 2.87. The van der Waals surface area contributed by atoms with E-state index in [9.17, 15) is 0 Å². The van der Waals surface area contributed by atoms with Crippen LogP contribution >= 0.6 is 0 Å². The number of nitrogens with zero attached hydrogens (tertiary/aromatic N) is 3. The summed E-state index contributed by atoms with van der Waals surface area (Å²) in [5.74, 6) is 0.737. The smallest absolute Gasteiger partial charge is 0.129 e. The third-order valence-corrected chi connectivity index (χ3v) is 1.95. The molecule has 0 bridgehead atoms. The summed E-state index contributed by atoms with van der Waals surface area (Å²) in [5, 5.41) is 17.5. The molecule has 0 unspecified atom stereocenters. The van der Waals surface area contributed by atoms with E-state index in [0.717, 1.165) is 12.4 Å². The normalized spacial score (nSPS) is 9.50. The fourth-order valence-corrected chi connectivity index (χ4v) is 1.22. The summed E-state index contributed by atoms with van der Waals surface area (Å²) in [7, 11) is 0. The van der Waals surface area contributed by atoms with E-state index in [-0.39, 0.29) is 6.61 Å². The average Bonchev–Trinajstić information content (AvgIpc) is 2.26. The summed E-state index contributed by atoms with van der Waals surface area (Å²) in [6.07, 6.45) is 1.61. The van der Waals surface area contributed by atoms with Gasteiger partial charge in [0.25, 0.3) is 0 Å². The number of aliphatic hydroxyl groups excluding tert-OH is 1. The Bertz CT molecular complexity index is 332. The van der Waals surface area contributed by atoms with Crippen molar-refractivity contribution in [2.24, 2.45) is 0 Å². The number of nitriles is 1. The lowest BCUT2D eigenvalue weighted by molar-refractivity contribution is 0.302. The molecule has 0 saturated carbocycles. The first-order valence-corrected chi connectivity index (χ1v) is 4.53. The molecule has 1 N–H and O–H groups in total. The van der Waals surface area contributed by atoms with Crippen LogP contribution in [0.2, 0.25) is 0 Å². The Labute approximate surface area is 83.4 Å². The van der Waals surface area contributed by atoms with Gasteiger partial charge in [-0.2, -0.15) is 5.26 Å². The van der Waals surface area contributed by atoms with E-state index in [1.165, 1.54) is 0 Å². The van der Waals surface area contributed by atoms with Crippen molar-refractivity contribution in [3.63, 3.8) is 0 Å². The van der Waals surface area contributed by atoms with Crippen molar-refractivity contribution in [1.82, 2.24) is 4.98 Å². The molecule has 0 aliphatic carbocycles. The maximum Gasteiger partial charge on any atom is 0.129 e. The van der Waals surface area contributed by atoms with Gasteiger partial charge in [0.2, 0.25) is 0 Å². The minimum atomic E-state index is 0.0896. The predicted molar refractivity (Wildman–Crippen MR) is 53.9 cm³/mol. The number of hydrogen-bond donors (Lipinski definition) is 1. The van der Waals surface area contributed by atoms with Gasteiger partial charge >= 0.3 is 0 Å². The number of likely N-dealkylation sites (N-methyl/N-ethyl adjacent to an activating group) is 1. The Morgan fingerprint density at radius 2 is 2.43 bits per heavy atom. The molecule has 0 amide bonds. The molecule has 0 fully saturated rings. The number of rotatable bonds is 4. The number of aromatic nitrogens is 1. The van der Waals surface area contributed by atoms with Crippen LogP contribution in [-0.4, -0.2) is 29.8 Å². The van der Waals surface area contributed by atoms with E-state index in [0.29, 0.717) is 12.1 Å². The molecule has 14 heavy (non-hydrogen) atoms. The van der Waals surface area contributed by atoms with Crippen molar-refractivity contribution in [2.45, 2.75) is 6.92 Å². The van der Waals surface area contributed by atoms with Gasteiger partial charge in [-0.15, -0.1) is 0 Å². The second-order valence-corrected chi connectivity index (χ2v) is 2.82. The van der Waals surface area contributed by atoms with Gasteiger partial charge in [0.15, 0.2) is 0 Å². The molecule has 4 heteroatoms. The summed E-state index contributed by atoms with van der Waals surface area (Å²) < 4.78 is 0. The van der Waals surface area contributed by atoms with Crippen molar-refractivity contribution < 1.29 is 5.11 Å². The fraction of sp³-hybridized carbons (Fsp3) is 0.400. The molecular weight excluding hydrogens is 178 g/mol. The third kappa shape index (κ3) is 2.44. The molecule has 0 radical (unpaired) electrons. The van der Waals surface area contributed by atoms with Gasteiger partial charge in [-0.3, -0.25) is 0 Å². The zero-order valence-corrected chi connectivity index (χ0v) is 8.14. The molecule has 0 aromatic carbocycles. The molecular formula is C10H13N3O. The first kappa shape index (κ1) is 10.5. The molecule has 0 aliphatic rings. The molecule has 1 heterocycles. The maximum absolute atomic E-state index is 8.82. The molecule has 1 aromatic rings. The van der Waals surface area contributed by atoms with Gasteiger partial charge in [-0.1, -0.05) is 0 Å². The minimum absolute atomic E-state index is 0.0896. The van der Waals surface area contributed by atoms with Crippen LogP contribution < -0.4 is 4.90 Å². The summed E-state index contributed by atoms with van der Waals surface area (Å²) in [4.78, 5) is 6.06. The molecule has 4 nitrogen and oxygen atoms in total. The molecule has 1 rings (SSSR count). The van der Waals surface area contributed by atoms with Crippen molar-refractivity contribution >= 4 is 5.82 Å². The summed E-state index contributed by atoms with van der Waals surface area (Å²) in [6, 6.07) is 5.44. The first-order valence-electron chi connectivity index (χ1n) is 4.53. The van der Waals surface area contributed by atoms with Crippen LogP contribution in [0, 0.1) is 11.3 Å². The highest BCUT2D eigenvalue weighted by Crippen LogP contribution is 2.11. The molecule has 74 valence electrons. The topological polar surface area (TPSA) is 60.1 Å². The second-order valence-electron chi connectivity index (χ2n) is 2.82. The van der Waals surface area contributed by atoms with E-state index >= 15 is 0 Å². The summed E-state index contributed by atoms with van der Waals surface area (Å²) >= 11 is 0. The fourth-order valence-electron chi connectivity index (χ4n) is 1.22. The Hall–Kier alpha value is -1.60. The van der Waals surface area contributed by atoms with Crippen molar-refractivity contribution in [2.75, 3.05) is 24.6 Å². The molecule has 1 aromatic heterocycles. The Morgan fingerprint density at radius 3 is 3.00 bits per heavy atom. The van der Waals surface area contributed by atoms with Gasteiger partial charge in [-0.05, 0) is 19.1 Å². The van der Waals surface area contributed by atoms with Crippen LogP contribution in [0.4, 0.5) is 5.82 Å². The van der Waals surface area contributed by atoms with E-state index in [1.807, 2.05) is 11.8 Å². The number of aliphatic hydroxyl groups is 1. The lowest BCUT2D eigenvalue weighted by Gasteiger charge is -2.20. The highest BCUT2D eigenvalue weighted by molar-refractivity contribution is 5.44. The van der Waals surface area contributed by atoms with Gasteiger partial charge in [-0.25, -0.2) is 4.98 Å². The second kappa shape index (κ2) is 5.20. The number of pyridine rings is 1. The number of hydrogen-bond acceptors (Lipinski definition) is 4. The maximum atomic E-state index is 8.82. The molecule has 0 aliphatic heterocycles. The monoisotopic (exact) mass is 191 g/mol. The molecule has 0 saturated heterocycles. The largest absolute Gasteiger partial charge is 0.395 e. The van der Waals surface area contributed by atoms with Crippen LogP contribution in [-0.2, 0) is 0 Å². The highest BCUT2D eigenvalue weighted by atomic mass is 16.3.